The first-order valence-corrected chi connectivity index (χ1v) is 6.59. The van der Waals surface area contributed by atoms with Gasteiger partial charge in [-0.3, -0.25) is 4.79 Å². The lowest BCUT2D eigenvalue weighted by atomic mass is 9.96. The van der Waals surface area contributed by atoms with Gasteiger partial charge in [-0.1, -0.05) is 0 Å². The maximum Gasteiger partial charge on any atom is 0.397 e. The van der Waals surface area contributed by atoms with Crippen molar-refractivity contribution in [2.75, 3.05) is 0 Å². The van der Waals surface area contributed by atoms with E-state index in [9.17, 15) is 18.0 Å². The second-order valence-corrected chi connectivity index (χ2v) is 5.66. The van der Waals surface area contributed by atoms with Gasteiger partial charge in [-0.2, -0.15) is 13.2 Å². The molecule has 100 valence electrons. The molecule has 0 amide bonds. The first kappa shape index (κ1) is 13.4. The standard InChI is InChI=1S/C12H13F3O2S/c13-12(14,15)8(6-11(16)17)10-5-7-3-1-2-4-9(7)18-10/h5,8H,1-4,6H2,(H,16,17). The molecule has 1 aliphatic rings. The van der Waals surface area contributed by atoms with Gasteiger partial charge in [0.2, 0.25) is 0 Å². The van der Waals surface area contributed by atoms with Crippen LogP contribution in [0, 0.1) is 0 Å². The second kappa shape index (κ2) is 4.91. The zero-order valence-corrected chi connectivity index (χ0v) is 10.4. The van der Waals surface area contributed by atoms with Crippen molar-refractivity contribution in [2.45, 2.75) is 44.2 Å². The zero-order chi connectivity index (χ0) is 13.3. The number of hydrogen-bond donors (Lipinski definition) is 1. The molecule has 0 fully saturated rings. The Morgan fingerprint density at radius 3 is 2.61 bits per heavy atom. The number of thiophene rings is 1. The Morgan fingerprint density at radius 1 is 1.39 bits per heavy atom. The van der Waals surface area contributed by atoms with Crippen molar-refractivity contribution < 1.29 is 23.1 Å². The van der Waals surface area contributed by atoms with Crippen LogP contribution < -0.4 is 0 Å². The van der Waals surface area contributed by atoms with E-state index < -0.39 is 24.5 Å². The van der Waals surface area contributed by atoms with Gasteiger partial charge in [0.25, 0.3) is 0 Å². The quantitative estimate of drug-likeness (QED) is 0.914. The van der Waals surface area contributed by atoms with E-state index in [1.165, 1.54) is 0 Å². The minimum absolute atomic E-state index is 0.150. The van der Waals surface area contributed by atoms with Gasteiger partial charge in [-0.05, 0) is 37.3 Å². The highest BCUT2D eigenvalue weighted by Gasteiger charge is 2.43. The van der Waals surface area contributed by atoms with Crippen molar-refractivity contribution in [3.63, 3.8) is 0 Å². The van der Waals surface area contributed by atoms with Crippen LogP contribution in [0.3, 0.4) is 0 Å². The van der Waals surface area contributed by atoms with Crippen molar-refractivity contribution in [1.82, 2.24) is 0 Å². The Labute approximate surface area is 106 Å². The minimum Gasteiger partial charge on any atom is -0.481 e. The maximum atomic E-state index is 12.9. The molecule has 0 spiro atoms. The summed E-state index contributed by atoms with van der Waals surface area (Å²) in [6.45, 7) is 0. The zero-order valence-electron chi connectivity index (χ0n) is 9.59. The van der Waals surface area contributed by atoms with Gasteiger partial charge in [0.05, 0.1) is 12.3 Å². The number of rotatable bonds is 3. The van der Waals surface area contributed by atoms with Crippen LogP contribution in [-0.4, -0.2) is 17.3 Å². The average molecular weight is 278 g/mol. The number of halogens is 3. The Hall–Kier alpha value is -1.04. The number of aryl methyl sites for hydroxylation is 2. The largest absolute Gasteiger partial charge is 0.481 e. The topological polar surface area (TPSA) is 37.3 Å². The average Bonchev–Trinajstić information content (AvgIpc) is 2.67. The predicted molar refractivity (Wildman–Crippen MR) is 62.0 cm³/mol. The molecule has 1 aliphatic carbocycles. The van der Waals surface area contributed by atoms with Crippen LogP contribution in [0.4, 0.5) is 13.2 Å². The van der Waals surface area contributed by atoms with Gasteiger partial charge >= 0.3 is 12.1 Å². The van der Waals surface area contributed by atoms with E-state index in [-0.39, 0.29) is 4.88 Å². The molecule has 0 saturated heterocycles. The summed E-state index contributed by atoms with van der Waals surface area (Å²) in [4.78, 5) is 11.7. The van der Waals surface area contributed by atoms with Crippen molar-refractivity contribution >= 4 is 17.3 Å². The molecule has 0 radical (unpaired) electrons. The summed E-state index contributed by atoms with van der Waals surface area (Å²) >= 11 is 1.13. The van der Waals surface area contributed by atoms with E-state index in [1.807, 2.05) is 0 Å². The lowest BCUT2D eigenvalue weighted by Gasteiger charge is -2.16. The number of aliphatic carboxylic acids is 1. The van der Waals surface area contributed by atoms with E-state index in [2.05, 4.69) is 0 Å². The second-order valence-electron chi connectivity index (χ2n) is 4.50. The van der Waals surface area contributed by atoms with Crippen molar-refractivity contribution in [2.24, 2.45) is 0 Å². The fourth-order valence-corrected chi connectivity index (χ4v) is 3.62. The Kier molecular flexibility index (Phi) is 3.66. The fourth-order valence-electron chi connectivity index (χ4n) is 2.24. The summed E-state index contributed by atoms with van der Waals surface area (Å²) < 4.78 is 38.6. The van der Waals surface area contributed by atoms with Crippen molar-refractivity contribution in [1.29, 1.82) is 0 Å². The van der Waals surface area contributed by atoms with Gasteiger partial charge in [0.1, 0.15) is 0 Å². The van der Waals surface area contributed by atoms with Gasteiger partial charge in [0.15, 0.2) is 0 Å². The SMILES string of the molecule is O=C(O)CC(c1cc2c(s1)CCCC2)C(F)(F)F. The summed E-state index contributed by atoms with van der Waals surface area (Å²) in [6, 6.07) is 1.56. The van der Waals surface area contributed by atoms with E-state index in [0.717, 1.165) is 47.5 Å². The molecule has 6 heteroatoms. The van der Waals surface area contributed by atoms with E-state index >= 15 is 0 Å². The first-order chi connectivity index (χ1) is 8.38. The van der Waals surface area contributed by atoms with Crippen LogP contribution in [0.25, 0.3) is 0 Å². The molecular weight excluding hydrogens is 265 g/mol. The molecule has 1 atom stereocenters. The van der Waals surface area contributed by atoms with Gasteiger partial charge < -0.3 is 5.11 Å². The van der Waals surface area contributed by atoms with Crippen LogP contribution in [0.5, 0.6) is 0 Å². The molecule has 1 heterocycles. The molecule has 2 nitrogen and oxygen atoms in total. The smallest absolute Gasteiger partial charge is 0.397 e. The molecule has 1 unspecified atom stereocenters. The Balaban J connectivity index is 2.30. The third kappa shape index (κ3) is 2.85. The highest BCUT2D eigenvalue weighted by Crippen LogP contribution is 2.42. The van der Waals surface area contributed by atoms with Crippen molar-refractivity contribution in [3.05, 3.63) is 21.4 Å². The highest BCUT2D eigenvalue weighted by molar-refractivity contribution is 7.12. The van der Waals surface area contributed by atoms with E-state index in [4.69, 9.17) is 5.11 Å². The highest BCUT2D eigenvalue weighted by atomic mass is 32.1. The normalized spacial score (nSPS) is 17.3. The summed E-state index contributed by atoms with van der Waals surface area (Å²) in [5.41, 5.74) is 0.973. The van der Waals surface area contributed by atoms with Gasteiger partial charge in [-0.25, -0.2) is 0 Å². The molecule has 1 aromatic heterocycles. The Morgan fingerprint density at radius 2 is 2.06 bits per heavy atom. The van der Waals surface area contributed by atoms with Crippen LogP contribution in [-0.2, 0) is 17.6 Å². The molecule has 1 N–H and O–H groups in total. The summed E-state index contributed by atoms with van der Waals surface area (Å²) in [7, 11) is 0. The Bertz CT molecular complexity index is 427. The first-order valence-electron chi connectivity index (χ1n) is 5.78. The van der Waals surface area contributed by atoms with Gasteiger partial charge in [-0.15, -0.1) is 11.3 Å². The summed E-state index contributed by atoms with van der Waals surface area (Å²) in [5.74, 6) is -3.28. The molecule has 2 rings (SSSR count). The fraction of sp³-hybridized carbons (Fsp3) is 0.583. The van der Waals surface area contributed by atoms with Crippen LogP contribution >= 0.6 is 11.3 Å². The molecule has 18 heavy (non-hydrogen) atoms. The monoisotopic (exact) mass is 278 g/mol. The number of carboxylic acids is 1. The molecular formula is C12H13F3O2S. The van der Waals surface area contributed by atoms with E-state index in [1.54, 1.807) is 6.07 Å². The van der Waals surface area contributed by atoms with Gasteiger partial charge in [0, 0.05) is 9.75 Å². The lowest BCUT2D eigenvalue weighted by molar-refractivity contribution is -0.162. The molecule has 0 bridgehead atoms. The van der Waals surface area contributed by atoms with Crippen LogP contribution in [0.15, 0.2) is 6.07 Å². The number of alkyl halides is 3. The third-order valence-electron chi connectivity index (χ3n) is 3.13. The lowest BCUT2D eigenvalue weighted by Crippen LogP contribution is -2.22. The molecule has 0 aromatic carbocycles. The van der Waals surface area contributed by atoms with Crippen LogP contribution in [0.1, 0.15) is 40.5 Å². The van der Waals surface area contributed by atoms with Crippen LogP contribution in [0.2, 0.25) is 0 Å². The third-order valence-corrected chi connectivity index (χ3v) is 4.48. The molecule has 0 aliphatic heterocycles. The van der Waals surface area contributed by atoms with Crippen molar-refractivity contribution in [3.8, 4) is 0 Å². The predicted octanol–water partition coefficient (Wildman–Crippen LogP) is 3.75. The molecule has 0 saturated carbocycles. The summed E-state index contributed by atoms with van der Waals surface area (Å²) in [6.07, 6.45) is -1.75. The number of carbonyl (C=O) groups is 1. The number of hydrogen-bond acceptors (Lipinski definition) is 2. The molecule has 1 aromatic rings. The maximum absolute atomic E-state index is 12.9. The summed E-state index contributed by atoms with van der Waals surface area (Å²) in [5, 5.41) is 8.62. The number of fused-ring (bicyclic) bond motifs is 1. The minimum atomic E-state index is -4.49. The number of carboxylic acid groups (broad SMARTS) is 1. The van der Waals surface area contributed by atoms with E-state index in [0.29, 0.717) is 0 Å².